The normalized spacial score (nSPS) is 15.2. The summed E-state index contributed by atoms with van der Waals surface area (Å²) in [6.07, 6.45) is 0. The molecule has 0 aliphatic carbocycles. The van der Waals surface area contributed by atoms with Crippen molar-refractivity contribution < 1.29 is 19.1 Å². The fraction of sp³-hybridized carbons (Fsp3) is 0.179. The van der Waals surface area contributed by atoms with E-state index < -0.39 is 17.9 Å². The van der Waals surface area contributed by atoms with Crippen LogP contribution in [-0.2, 0) is 19.1 Å². The second-order valence-corrected chi connectivity index (χ2v) is 9.41. The van der Waals surface area contributed by atoms with E-state index in [0.717, 1.165) is 16.3 Å². The van der Waals surface area contributed by atoms with Crippen LogP contribution in [0.5, 0.6) is 0 Å². The van der Waals surface area contributed by atoms with Crippen molar-refractivity contribution in [3.63, 3.8) is 0 Å². The molecular weight excluding hydrogens is 502 g/mol. The molecule has 0 bridgehead atoms. The van der Waals surface area contributed by atoms with E-state index in [0.29, 0.717) is 16.4 Å². The van der Waals surface area contributed by atoms with Gasteiger partial charge in [0.1, 0.15) is 11.5 Å². The highest BCUT2D eigenvalue weighted by Crippen LogP contribution is 2.43. The number of aryl methyl sites for hydroxylation is 2. The van der Waals surface area contributed by atoms with Crippen molar-refractivity contribution >= 4 is 29.4 Å². The molecule has 0 spiro atoms. The number of anilines is 1. The number of nitrogens with zero attached hydrogens (tertiary/aromatic N) is 4. The number of carbonyl (C=O) groups is 2. The first-order chi connectivity index (χ1) is 18.3. The maximum atomic E-state index is 13.2. The van der Waals surface area contributed by atoms with Crippen molar-refractivity contribution in [2.45, 2.75) is 29.8 Å². The van der Waals surface area contributed by atoms with E-state index in [1.54, 1.807) is 42.5 Å². The van der Waals surface area contributed by atoms with Crippen molar-refractivity contribution in [1.82, 2.24) is 9.97 Å². The van der Waals surface area contributed by atoms with Gasteiger partial charge in [0, 0.05) is 22.0 Å². The van der Waals surface area contributed by atoms with Crippen LogP contribution in [0, 0.1) is 25.2 Å². The molecule has 1 aliphatic rings. The number of hydrogen-bond donors (Lipinski definition) is 1. The Morgan fingerprint density at radius 1 is 0.974 bits per heavy atom. The SMILES string of the molecule is COC(=O)C1=C(C(=O)OC)N(c2cccc(Sc3nc(C)cc(C)n3)c2)C(N)=C(C#N)C1c1ccccc1. The molecule has 1 unspecified atom stereocenters. The quantitative estimate of drug-likeness (QED) is 0.368. The van der Waals surface area contributed by atoms with E-state index in [2.05, 4.69) is 16.0 Å². The maximum absolute atomic E-state index is 13.2. The lowest BCUT2D eigenvalue weighted by molar-refractivity contribution is -0.139. The zero-order chi connectivity index (χ0) is 27.4. The summed E-state index contributed by atoms with van der Waals surface area (Å²) in [4.78, 5) is 37.5. The summed E-state index contributed by atoms with van der Waals surface area (Å²) in [5.74, 6) is -2.51. The Bertz CT molecular complexity index is 1490. The molecule has 2 aromatic carbocycles. The van der Waals surface area contributed by atoms with Gasteiger partial charge in [0.25, 0.3) is 0 Å². The predicted octanol–water partition coefficient (Wildman–Crippen LogP) is 4.14. The number of rotatable bonds is 6. The van der Waals surface area contributed by atoms with Crippen molar-refractivity contribution in [1.29, 1.82) is 5.26 Å². The summed E-state index contributed by atoms with van der Waals surface area (Å²) in [7, 11) is 2.43. The first kappa shape index (κ1) is 26.4. The van der Waals surface area contributed by atoms with Gasteiger partial charge in [-0.15, -0.1) is 0 Å². The highest BCUT2D eigenvalue weighted by atomic mass is 32.2. The molecule has 0 saturated carbocycles. The summed E-state index contributed by atoms with van der Waals surface area (Å²) in [6.45, 7) is 3.78. The van der Waals surface area contributed by atoms with Gasteiger partial charge < -0.3 is 15.2 Å². The standard InChI is InChI=1S/C28H25N5O4S/c1-16-13-17(2)32-28(31-16)38-20-12-8-11-19(14-20)33-24(27(35)37-4)23(26(34)36-3)22(21(15-29)25(33)30)18-9-6-5-7-10-18/h5-14,22H,30H2,1-4H3. The Morgan fingerprint density at radius 3 is 2.24 bits per heavy atom. The predicted molar refractivity (Wildman–Crippen MR) is 142 cm³/mol. The molecular formula is C28H25N5O4S. The highest BCUT2D eigenvalue weighted by Gasteiger charge is 2.43. The van der Waals surface area contributed by atoms with Crippen LogP contribution in [0.2, 0.25) is 0 Å². The molecule has 4 rings (SSSR count). The molecule has 3 aromatic rings. The van der Waals surface area contributed by atoms with Gasteiger partial charge in [-0.2, -0.15) is 5.26 Å². The van der Waals surface area contributed by atoms with Gasteiger partial charge in [-0.3, -0.25) is 4.90 Å². The minimum absolute atomic E-state index is 0.000735. The Morgan fingerprint density at radius 2 is 1.63 bits per heavy atom. The number of carbonyl (C=O) groups excluding carboxylic acids is 2. The molecule has 192 valence electrons. The second kappa shape index (κ2) is 11.2. The molecule has 38 heavy (non-hydrogen) atoms. The number of esters is 2. The highest BCUT2D eigenvalue weighted by molar-refractivity contribution is 7.99. The van der Waals surface area contributed by atoms with E-state index in [1.807, 2.05) is 32.0 Å². The van der Waals surface area contributed by atoms with Crippen LogP contribution in [0.4, 0.5) is 5.69 Å². The number of nitriles is 1. The average molecular weight is 528 g/mol. The van der Waals surface area contributed by atoms with Crippen LogP contribution in [0.1, 0.15) is 22.9 Å². The third kappa shape index (κ3) is 5.10. The van der Waals surface area contributed by atoms with Gasteiger partial charge >= 0.3 is 11.9 Å². The van der Waals surface area contributed by atoms with Crippen molar-refractivity contribution in [2.75, 3.05) is 19.1 Å². The number of aromatic nitrogens is 2. The van der Waals surface area contributed by atoms with E-state index in [9.17, 15) is 14.9 Å². The molecule has 10 heteroatoms. The topological polar surface area (TPSA) is 131 Å². The van der Waals surface area contributed by atoms with E-state index in [4.69, 9.17) is 15.2 Å². The third-order valence-corrected chi connectivity index (χ3v) is 6.71. The summed E-state index contributed by atoms with van der Waals surface area (Å²) < 4.78 is 10.2. The lowest BCUT2D eigenvalue weighted by Crippen LogP contribution is -2.40. The number of methoxy groups -OCH3 is 2. The minimum atomic E-state index is -0.930. The van der Waals surface area contributed by atoms with Gasteiger partial charge in [-0.25, -0.2) is 19.6 Å². The maximum Gasteiger partial charge on any atom is 0.355 e. The lowest BCUT2D eigenvalue weighted by Gasteiger charge is -2.36. The number of ether oxygens (including phenoxy) is 2. The second-order valence-electron chi connectivity index (χ2n) is 8.37. The molecule has 1 atom stereocenters. The number of benzene rings is 2. The molecule has 0 fully saturated rings. The third-order valence-electron chi connectivity index (χ3n) is 5.86. The van der Waals surface area contributed by atoms with E-state index in [-0.39, 0.29) is 22.7 Å². The van der Waals surface area contributed by atoms with Crippen molar-refractivity contribution in [3.8, 4) is 6.07 Å². The molecule has 0 amide bonds. The number of allylic oxidation sites excluding steroid dienone is 1. The van der Waals surface area contributed by atoms with Gasteiger partial charge in [0.05, 0.1) is 37.4 Å². The van der Waals surface area contributed by atoms with E-state index >= 15 is 0 Å². The first-order valence-electron chi connectivity index (χ1n) is 11.5. The van der Waals surface area contributed by atoms with Crippen LogP contribution in [-0.4, -0.2) is 36.1 Å². The van der Waals surface area contributed by atoms with Gasteiger partial charge in [-0.05, 0) is 55.4 Å². The summed E-state index contributed by atoms with van der Waals surface area (Å²) >= 11 is 1.33. The van der Waals surface area contributed by atoms with Gasteiger partial charge in [0.2, 0.25) is 0 Å². The Labute approximate surface area is 224 Å². The molecule has 1 aromatic heterocycles. The monoisotopic (exact) mass is 527 g/mol. The van der Waals surface area contributed by atoms with Gasteiger partial charge in [0.15, 0.2) is 5.16 Å². The zero-order valence-electron chi connectivity index (χ0n) is 21.3. The molecule has 2 N–H and O–H groups in total. The largest absolute Gasteiger partial charge is 0.466 e. The first-order valence-corrected chi connectivity index (χ1v) is 12.4. The number of hydrogen-bond acceptors (Lipinski definition) is 10. The molecule has 9 nitrogen and oxygen atoms in total. The summed E-state index contributed by atoms with van der Waals surface area (Å²) in [6, 6.07) is 20.0. The molecule has 0 radical (unpaired) electrons. The van der Waals surface area contributed by atoms with Gasteiger partial charge in [-0.1, -0.05) is 36.4 Å². The van der Waals surface area contributed by atoms with Crippen molar-refractivity contribution in [2.24, 2.45) is 5.73 Å². The van der Waals surface area contributed by atoms with Crippen LogP contribution >= 0.6 is 11.8 Å². The van der Waals surface area contributed by atoms with Crippen molar-refractivity contribution in [3.05, 3.63) is 100 Å². The van der Waals surface area contributed by atoms with Crippen LogP contribution < -0.4 is 10.6 Å². The van der Waals surface area contributed by atoms with Crippen LogP contribution in [0.15, 0.2) is 93.4 Å². The number of nitrogens with two attached hydrogens (primary N) is 1. The average Bonchev–Trinajstić information content (AvgIpc) is 2.91. The molecule has 2 heterocycles. The Balaban J connectivity index is 1.93. The fourth-order valence-corrected chi connectivity index (χ4v) is 5.23. The van der Waals surface area contributed by atoms with Crippen LogP contribution in [0.3, 0.4) is 0 Å². The Hall–Kier alpha value is -4.62. The molecule has 0 saturated heterocycles. The minimum Gasteiger partial charge on any atom is -0.466 e. The zero-order valence-corrected chi connectivity index (χ0v) is 22.1. The smallest absolute Gasteiger partial charge is 0.355 e. The fourth-order valence-electron chi connectivity index (χ4n) is 4.31. The lowest BCUT2D eigenvalue weighted by atomic mass is 9.81. The Kier molecular flexibility index (Phi) is 7.79. The summed E-state index contributed by atoms with van der Waals surface area (Å²) in [5.41, 5.74) is 9.22. The molecule has 1 aliphatic heterocycles. The summed E-state index contributed by atoms with van der Waals surface area (Å²) in [5, 5.41) is 10.7. The van der Waals surface area contributed by atoms with E-state index in [1.165, 1.54) is 30.9 Å². The van der Waals surface area contributed by atoms with Crippen LogP contribution in [0.25, 0.3) is 0 Å².